The lowest BCUT2D eigenvalue weighted by Crippen LogP contribution is -2.30. The van der Waals surface area contributed by atoms with Crippen molar-refractivity contribution in [2.75, 3.05) is 27.3 Å². The van der Waals surface area contributed by atoms with Gasteiger partial charge in [0, 0.05) is 25.2 Å². The van der Waals surface area contributed by atoms with E-state index in [0.29, 0.717) is 30.4 Å². The van der Waals surface area contributed by atoms with E-state index in [1.807, 2.05) is 27.8 Å². The van der Waals surface area contributed by atoms with Crippen LogP contribution in [0.5, 0.6) is 11.5 Å². The van der Waals surface area contributed by atoms with Gasteiger partial charge >= 0.3 is 0 Å². The molecule has 1 saturated carbocycles. The maximum Gasteiger partial charge on any atom is 0.227 e. The summed E-state index contributed by atoms with van der Waals surface area (Å²) in [5.41, 5.74) is 2.02. The number of likely N-dealkylation sites (tertiary alicyclic amines) is 1. The zero-order valence-corrected chi connectivity index (χ0v) is 15.2. The molecule has 1 unspecified atom stereocenters. The first-order valence-electron chi connectivity index (χ1n) is 9.08. The molecule has 2 aromatic rings. The number of carbonyl (C=O) groups excluding carboxylic acids is 1. The topological polar surface area (TPSA) is 69.5 Å². The molecule has 1 aliphatic heterocycles. The van der Waals surface area contributed by atoms with Crippen LogP contribution >= 0.6 is 0 Å². The average molecular weight is 356 g/mol. The Labute approximate surface area is 152 Å². The van der Waals surface area contributed by atoms with Crippen LogP contribution in [0.1, 0.15) is 42.5 Å². The Hall–Kier alpha value is -2.57. The van der Waals surface area contributed by atoms with Crippen LogP contribution in [0.3, 0.4) is 0 Å². The first-order chi connectivity index (χ1) is 12.7. The number of hydrogen-bond acceptors (Lipinski definition) is 5. The maximum atomic E-state index is 12.7. The molecule has 0 spiro atoms. The number of nitrogens with zero attached hydrogens (tertiary/aromatic N) is 4. The van der Waals surface area contributed by atoms with E-state index in [1.54, 1.807) is 14.2 Å². The van der Waals surface area contributed by atoms with E-state index in [1.165, 1.54) is 12.8 Å². The second kappa shape index (κ2) is 6.97. The second-order valence-corrected chi connectivity index (χ2v) is 7.05. The number of aromatic nitrogens is 3. The van der Waals surface area contributed by atoms with E-state index in [-0.39, 0.29) is 11.9 Å². The highest BCUT2D eigenvalue weighted by Crippen LogP contribution is 2.39. The molecule has 138 valence electrons. The largest absolute Gasteiger partial charge is 0.493 e. The standard InChI is InChI=1S/C19H24N4O3/c1-25-17-6-3-13(9-18(17)26-2)10-19(24)22-8-7-15(11-22)23-12-16(20-21-23)14-4-5-14/h3,6,9,12,14-15H,4-5,7-8,10-11H2,1-2H3. The van der Waals surface area contributed by atoms with E-state index in [4.69, 9.17) is 9.47 Å². The molecular weight excluding hydrogens is 332 g/mol. The summed E-state index contributed by atoms with van der Waals surface area (Å²) in [6, 6.07) is 5.84. The summed E-state index contributed by atoms with van der Waals surface area (Å²) in [7, 11) is 3.20. The molecule has 26 heavy (non-hydrogen) atoms. The highest BCUT2D eigenvalue weighted by atomic mass is 16.5. The van der Waals surface area contributed by atoms with Crippen molar-refractivity contribution in [2.24, 2.45) is 0 Å². The third-order valence-corrected chi connectivity index (χ3v) is 5.22. The summed E-state index contributed by atoms with van der Waals surface area (Å²) < 4.78 is 12.5. The van der Waals surface area contributed by atoms with Gasteiger partial charge in [0.15, 0.2) is 11.5 Å². The molecule has 1 aliphatic carbocycles. The van der Waals surface area contributed by atoms with Crippen LogP contribution in [0, 0.1) is 0 Å². The average Bonchev–Trinajstić information content (AvgIpc) is 3.19. The summed E-state index contributed by atoms with van der Waals surface area (Å²) in [5, 5.41) is 8.56. The highest BCUT2D eigenvalue weighted by molar-refractivity contribution is 5.79. The fourth-order valence-electron chi connectivity index (χ4n) is 3.50. The Balaban J connectivity index is 1.38. The van der Waals surface area contributed by atoms with E-state index in [9.17, 15) is 4.79 Å². The van der Waals surface area contributed by atoms with Crippen molar-refractivity contribution < 1.29 is 14.3 Å². The number of hydrogen-bond donors (Lipinski definition) is 0. The van der Waals surface area contributed by atoms with Crippen LogP contribution in [-0.4, -0.2) is 53.1 Å². The van der Waals surface area contributed by atoms with Crippen molar-refractivity contribution in [2.45, 2.75) is 37.6 Å². The van der Waals surface area contributed by atoms with Gasteiger partial charge in [-0.05, 0) is 37.0 Å². The Kier molecular flexibility index (Phi) is 4.53. The number of benzene rings is 1. The van der Waals surface area contributed by atoms with E-state index in [0.717, 1.165) is 24.2 Å². The van der Waals surface area contributed by atoms with Gasteiger partial charge in [-0.25, -0.2) is 4.68 Å². The SMILES string of the molecule is COc1ccc(CC(=O)N2CCC(n3cc(C4CC4)nn3)C2)cc1OC. The number of methoxy groups -OCH3 is 2. The van der Waals surface area contributed by atoms with Crippen LogP contribution in [-0.2, 0) is 11.2 Å². The molecule has 2 heterocycles. The second-order valence-electron chi connectivity index (χ2n) is 7.05. The van der Waals surface area contributed by atoms with Gasteiger partial charge in [-0.15, -0.1) is 5.10 Å². The number of amides is 1. The lowest BCUT2D eigenvalue weighted by molar-refractivity contribution is -0.129. The fraction of sp³-hybridized carbons (Fsp3) is 0.526. The molecule has 1 aromatic heterocycles. The van der Waals surface area contributed by atoms with Gasteiger partial charge in [-0.1, -0.05) is 11.3 Å². The molecule has 1 amide bonds. The summed E-state index contributed by atoms with van der Waals surface area (Å²) in [6.45, 7) is 1.45. The molecule has 0 bridgehead atoms. The minimum Gasteiger partial charge on any atom is -0.493 e. The van der Waals surface area contributed by atoms with Gasteiger partial charge in [0.05, 0.1) is 32.4 Å². The summed E-state index contributed by atoms with van der Waals surface area (Å²) in [6.07, 6.45) is 5.78. The third kappa shape index (κ3) is 3.38. The predicted molar refractivity (Wildman–Crippen MR) is 95.5 cm³/mol. The lowest BCUT2D eigenvalue weighted by Gasteiger charge is -2.17. The molecule has 2 aliphatic rings. The molecular formula is C19H24N4O3. The summed E-state index contributed by atoms with van der Waals surface area (Å²) in [5.74, 6) is 2.05. The van der Waals surface area contributed by atoms with Crippen molar-refractivity contribution >= 4 is 5.91 Å². The zero-order chi connectivity index (χ0) is 18.1. The minimum atomic E-state index is 0.127. The molecule has 1 aromatic carbocycles. The van der Waals surface area contributed by atoms with Gasteiger partial charge in [0.1, 0.15) is 0 Å². The molecule has 7 heteroatoms. The van der Waals surface area contributed by atoms with Crippen molar-refractivity contribution in [3.05, 3.63) is 35.7 Å². The van der Waals surface area contributed by atoms with Crippen LogP contribution in [0.4, 0.5) is 0 Å². The van der Waals surface area contributed by atoms with Crippen LogP contribution in [0.2, 0.25) is 0 Å². The minimum absolute atomic E-state index is 0.127. The van der Waals surface area contributed by atoms with Gasteiger partial charge in [-0.2, -0.15) is 0 Å². The normalized spacial score (nSPS) is 19.6. The molecule has 0 radical (unpaired) electrons. The molecule has 7 nitrogen and oxygen atoms in total. The highest BCUT2D eigenvalue weighted by Gasteiger charge is 2.31. The third-order valence-electron chi connectivity index (χ3n) is 5.22. The molecule has 0 N–H and O–H groups in total. The van der Waals surface area contributed by atoms with Crippen LogP contribution in [0.25, 0.3) is 0 Å². The number of ether oxygens (including phenoxy) is 2. The first kappa shape index (κ1) is 16.9. The molecule has 1 atom stereocenters. The van der Waals surface area contributed by atoms with E-state index >= 15 is 0 Å². The Morgan fingerprint density at radius 3 is 2.73 bits per heavy atom. The summed E-state index contributed by atoms with van der Waals surface area (Å²) >= 11 is 0. The van der Waals surface area contributed by atoms with Gasteiger partial charge in [0.2, 0.25) is 5.91 Å². The number of carbonyl (C=O) groups is 1. The summed E-state index contributed by atoms with van der Waals surface area (Å²) in [4.78, 5) is 14.6. The van der Waals surface area contributed by atoms with Crippen LogP contribution < -0.4 is 9.47 Å². The number of rotatable bonds is 6. The first-order valence-corrected chi connectivity index (χ1v) is 9.08. The van der Waals surface area contributed by atoms with E-state index < -0.39 is 0 Å². The monoisotopic (exact) mass is 356 g/mol. The van der Waals surface area contributed by atoms with Crippen molar-refractivity contribution in [3.63, 3.8) is 0 Å². The van der Waals surface area contributed by atoms with E-state index in [2.05, 4.69) is 16.5 Å². The zero-order valence-electron chi connectivity index (χ0n) is 15.2. The van der Waals surface area contributed by atoms with Gasteiger partial charge in [0.25, 0.3) is 0 Å². The van der Waals surface area contributed by atoms with Crippen molar-refractivity contribution in [3.8, 4) is 11.5 Å². The predicted octanol–water partition coefficient (Wildman–Crippen LogP) is 2.19. The molecule has 2 fully saturated rings. The van der Waals surface area contributed by atoms with Crippen molar-refractivity contribution in [1.29, 1.82) is 0 Å². The molecule has 1 saturated heterocycles. The Bertz CT molecular complexity index is 800. The lowest BCUT2D eigenvalue weighted by atomic mass is 10.1. The van der Waals surface area contributed by atoms with Gasteiger partial charge in [-0.3, -0.25) is 4.79 Å². The Morgan fingerprint density at radius 1 is 1.19 bits per heavy atom. The Morgan fingerprint density at radius 2 is 2.00 bits per heavy atom. The fourth-order valence-corrected chi connectivity index (χ4v) is 3.50. The smallest absolute Gasteiger partial charge is 0.227 e. The van der Waals surface area contributed by atoms with Crippen molar-refractivity contribution in [1.82, 2.24) is 19.9 Å². The van der Waals surface area contributed by atoms with Gasteiger partial charge < -0.3 is 14.4 Å². The van der Waals surface area contributed by atoms with Crippen LogP contribution in [0.15, 0.2) is 24.4 Å². The molecule has 4 rings (SSSR count). The quantitative estimate of drug-likeness (QED) is 0.793. The maximum absolute atomic E-state index is 12.7.